The number of hydrogen-bond donors (Lipinski definition) is 1. The third-order valence-corrected chi connectivity index (χ3v) is 0.590. The van der Waals surface area contributed by atoms with Gasteiger partial charge in [-0.15, -0.1) is 4.48 Å². The van der Waals surface area contributed by atoms with Crippen molar-refractivity contribution in [1.29, 1.82) is 0 Å². The highest BCUT2D eigenvalue weighted by molar-refractivity contribution is 4.69. The van der Waals surface area contributed by atoms with Crippen molar-refractivity contribution in [1.82, 2.24) is 5.54 Å². The normalized spacial score (nSPS) is 12.0. The van der Waals surface area contributed by atoms with E-state index in [2.05, 4.69) is 0 Å². The summed E-state index contributed by atoms with van der Waals surface area (Å²) in [5.74, 6) is 0. The van der Waals surface area contributed by atoms with E-state index < -0.39 is 12.2 Å². The molecule has 0 radical (unpaired) electrons. The molecule has 1 nitrogen and oxygen atoms in total. The van der Waals surface area contributed by atoms with Crippen molar-refractivity contribution >= 4 is 0 Å². The molecule has 0 aliphatic carbocycles. The highest BCUT2D eigenvalue weighted by atomic mass is 19.2. The van der Waals surface area contributed by atoms with Gasteiger partial charge in [-0.05, 0) is 13.8 Å². The van der Waals surface area contributed by atoms with Crippen molar-refractivity contribution in [2.45, 2.75) is 19.4 Å². The lowest BCUT2D eigenvalue weighted by molar-refractivity contribution is 0.166. The van der Waals surface area contributed by atoms with Crippen molar-refractivity contribution in [3.05, 3.63) is 0 Å². The standard InChI is InChI=1S/C4H9F2N/c1-4(2,3-5)7-6/h7H,3H2,1-2H3. The lowest BCUT2D eigenvalue weighted by atomic mass is 10.1. The Balaban J connectivity index is 3.36. The maximum atomic E-state index is 11.5. The molecule has 0 atom stereocenters. The fraction of sp³-hybridized carbons (Fsp3) is 1.00. The first-order chi connectivity index (χ1) is 3.12. The van der Waals surface area contributed by atoms with E-state index in [1.165, 1.54) is 19.4 Å². The Morgan fingerprint density at radius 3 is 2.00 bits per heavy atom. The van der Waals surface area contributed by atoms with Gasteiger partial charge in [-0.3, -0.25) is 0 Å². The fourth-order valence-electron chi connectivity index (χ4n) is 0.0253. The van der Waals surface area contributed by atoms with Crippen LogP contribution in [0.25, 0.3) is 0 Å². The Morgan fingerprint density at radius 1 is 1.57 bits per heavy atom. The maximum absolute atomic E-state index is 11.5. The zero-order valence-electron chi connectivity index (χ0n) is 4.46. The van der Waals surface area contributed by atoms with Crippen molar-refractivity contribution in [3.63, 3.8) is 0 Å². The highest BCUT2D eigenvalue weighted by Crippen LogP contribution is 2.00. The first-order valence-electron chi connectivity index (χ1n) is 2.06. The molecule has 0 saturated carbocycles. The van der Waals surface area contributed by atoms with Gasteiger partial charge in [-0.25, -0.2) is 4.39 Å². The minimum atomic E-state index is -1.00. The van der Waals surface area contributed by atoms with Crippen LogP contribution in [0.2, 0.25) is 0 Å². The second kappa shape index (κ2) is 2.21. The Labute approximate surface area is 41.7 Å². The molecular formula is C4H9F2N. The van der Waals surface area contributed by atoms with Crippen LogP contribution in [0.5, 0.6) is 0 Å². The maximum Gasteiger partial charge on any atom is 0.110 e. The highest BCUT2D eigenvalue weighted by Gasteiger charge is 2.15. The molecule has 0 aromatic rings. The smallest absolute Gasteiger partial charge is 0.110 e. The average molecular weight is 109 g/mol. The molecule has 0 saturated heterocycles. The van der Waals surface area contributed by atoms with Crippen molar-refractivity contribution in [2.24, 2.45) is 0 Å². The van der Waals surface area contributed by atoms with Crippen LogP contribution < -0.4 is 5.54 Å². The van der Waals surface area contributed by atoms with Crippen LogP contribution in [0.1, 0.15) is 13.8 Å². The molecule has 0 spiro atoms. The summed E-state index contributed by atoms with van der Waals surface area (Å²) in [5.41, 5.74) is 0.316. The van der Waals surface area contributed by atoms with Gasteiger partial charge in [-0.1, -0.05) is 0 Å². The molecule has 44 valence electrons. The first kappa shape index (κ1) is 6.82. The van der Waals surface area contributed by atoms with Gasteiger partial charge in [0, 0.05) is 0 Å². The van der Waals surface area contributed by atoms with Gasteiger partial charge < -0.3 is 0 Å². The second-order valence-corrected chi connectivity index (χ2v) is 2.11. The van der Waals surface area contributed by atoms with Gasteiger partial charge in [0.1, 0.15) is 6.67 Å². The number of hydrogen-bond acceptors (Lipinski definition) is 1. The minimum absolute atomic E-state index is 0.691. The second-order valence-electron chi connectivity index (χ2n) is 2.11. The number of halogens is 2. The number of rotatable bonds is 2. The zero-order valence-corrected chi connectivity index (χ0v) is 4.46. The van der Waals surface area contributed by atoms with Crippen LogP contribution in [0, 0.1) is 0 Å². The van der Waals surface area contributed by atoms with Crippen LogP contribution >= 0.6 is 0 Å². The topological polar surface area (TPSA) is 12.0 Å². The molecule has 1 N–H and O–H groups in total. The Bertz CT molecular complexity index is 47.7. The third-order valence-electron chi connectivity index (χ3n) is 0.590. The van der Waals surface area contributed by atoms with Crippen LogP contribution in [0.3, 0.4) is 0 Å². The molecule has 0 aliphatic heterocycles. The molecule has 0 bridgehead atoms. The number of nitrogens with one attached hydrogen (secondary N) is 1. The molecule has 0 aromatic heterocycles. The first-order valence-corrected chi connectivity index (χ1v) is 2.06. The molecule has 0 amide bonds. The largest absolute Gasteiger partial charge is 0.249 e. The summed E-state index contributed by atoms with van der Waals surface area (Å²) in [6.45, 7) is 2.18. The van der Waals surface area contributed by atoms with E-state index in [0.717, 1.165) is 0 Å². The fourth-order valence-corrected chi connectivity index (χ4v) is 0.0253. The van der Waals surface area contributed by atoms with E-state index in [1.807, 2.05) is 0 Å². The molecule has 0 aliphatic rings. The summed E-state index contributed by atoms with van der Waals surface area (Å²) in [7, 11) is 0. The van der Waals surface area contributed by atoms with Crippen LogP contribution in [-0.4, -0.2) is 12.2 Å². The van der Waals surface area contributed by atoms with Crippen LogP contribution in [0.15, 0.2) is 0 Å². The van der Waals surface area contributed by atoms with Crippen LogP contribution in [0.4, 0.5) is 8.87 Å². The molecule has 0 aromatic carbocycles. The zero-order chi connectivity index (χ0) is 5.91. The van der Waals surface area contributed by atoms with E-state index in [4.69, 9.17) is 0 Å². The molecule has 0 heterocycles. The lowest BCUT2D eigenvalue weighted by Gasteiger charge is -2.14. The average Bonchev–Trinajstić information content (AvgIpc) is 1.68. The minimum Gasteiger partial charge on any atom is -0.249 e. The summed E-state index contributed by atoms with van der Waals surface area (Å²) in [6, 6.07) is 0. The molecule has 0 fully saturated rings. The van der Waals surface area contributed by atoms with Crippen molar-refractivity contribution in [2.75, 3.05) is 6.67 Å². The summed E-state index contributed by atoms with van der Waals surface area (Å²) in [4.78, 5) is 0. The van der Waals surface area contributed by atoms with E-state index in [0.29, 0.717) is 0 Å². The van der Waals surface area contributed by atoms with Gasteiger partial charge in [0.25, 0.3) is 0 Å². The molecular weight excluding hydrogens is 100 g/mol. The lowest BCUT2D eigenvalue weighted by Crippen LogP contribution is -2.35. The third kappa shape index (κ3) is 2.51. The van der Waals surface area contributed by atoms with Gasteiger partial charge in [0.15, 0.2) is 0 Å². The summed E-state index contributed by atoms with van der Waals surface area (Å²) in [5, 5.41) is 0. The summed E-state index contributed by atoms with van der Waals surface area (Å²) in [6.07, 6.45) is 0. The SMILES string of the molecule is CC(C)(CF)NF. The molecule has 0 unspecified atom stereocenters. The Kier molecular flexibility index (Phi) is 2.15. The van der Waals surface area contributed by atoms with Gasteiger partial charge in [0.2, 0.25) is 0 Å². The van der Waals surface area contributed by atoms with Gasteiger partial charge in [-0.2, -0.15) is 5.54 Å². The van der Waals surface area contributed by atoms with Crippen molar-refractivity contribution < 1.29 is 8.87 Å². The monoisotopic (exact) mass is 109 g/mol. The Morgan fingerprint density at radius 2 is 2.00 bits per heavy atom. The molecule has 0 rings (SSSR count). The van der Waals surface area contributed by atoms with Crippen LogP contribution in [-0.2, 0) is 0 Å². The Hall–Kier alpha value is -0.180. The predicted molar refractivity (Wildman–Crippen MR) is 24.3 cm³/mol. The van der Waals surface area contributed by atoms with Gasteiger partial charge >= 0.3 is 0 Å². The van der Waals surface area contributed by atoms with E-state index >= 15 is 0 Å². The van der Waals surface area contributed by atoms with Crippen molar-refractivity contribution in [3.8, 4) is 0 Å². The quantitative estimate of drug-likeness (QED) is 0.525. The molecule has 3 heteroatoms. The summed E-state index contributed by atoms with van der Waals surface area (Å²) >= 11 is 0. The van der Waals surface area contributed by atoms with Gasteiger partial charge in [0.05, 0.1) is 5.54 Å². The number of alkyl halides is 1. The van der Waals surface area contributed by atoms with E-state index in [9.17, 15) is 8.87 Å². The predicted octanol–water partition coefficient (Wildman–Crippen LogP) is 1.21. The van der Waals surface area contributed by atoms with E-state index in [1.54, 1.807) is 0 Å². The molecule has 7 heavy (non-hydrogen) atoms. The van der Waals surface area contributed by atoms with E-state index in [-0.39, 0.29) is 0 Å². The summed E-state index contributed by atoms with van der Waals surface area (Å²) < 4.78 is 22.8.